The van der Waals surface area contributed by atoms with Crippen LogP contribution in [0.4, 0.5) is 0 Å². The van der Waals surface area contributed by atoms with Crippen LogP contribution in [0.25, 0.3) is 0 Å². The second kappa shape index (κ2) is 0.728. The molecule has 1 aliphatic rings. The van der Waals surface area contributed by atoms with Crippen molar-refractivity contribution < 1.29 is 0 Å². The first kappa shape index (κ1) is 3.19. The summed E-state index contributed by atoms with van der Waals surface area (Å²) in [5, 5.41) is 2.97. The Bertz CT molecular complexity index is 40.9. The molecule has 1 fully saturated rings. The van der Waals surface area contributed by atoms with Crippen LogP contribution in [0.3, 0.4) is 0 Å². The fourth-order valence-electron chi connectivity index (χ4n) is 0.248. The molecule has 0 aliphatic carbocycles. The number of hydrogen-bond acceptors (Lipinski definition) is 2. The Morgan fingerprint density at radius 1 is 1.80 bits per heavy atom. The fraction of sp³-hybridized carbons (Fsp3) is 1.00. The van der Waals surface area contributed by atoms with E-state index in [1.165, 1.54) is 0 Å². The van der Waals surface area contributed by atoms with E-state index >= 15 is 0 Å². The molecule has 28 valence electrons. The number of nitrogens with one attached hydrogen (secondary N) is 1. The summed E-state index contributed by atoms with van der Waals surface area (Å²) in [6, 6.07) is 0. The average Bonchev–Trinajstić information content (AvgIpc) is 1.79. The summed E-state index contributed by atoms with van der Waals surface area (Å²) in [5.74, 6) is 0.579. The second-order valence-corrected chi connectivity index (χ2v) is 1.48. The van der Waals surface area contributed by atoms with Crippen LogP contribution < -0.4 is 11.1 Å². The standard InChI is InChI=1S/C2H7BN2/c3-1-2(4)5-1/h1-2,5H,3-4H2. The lowest BCUT2D eigenvalue weighted by Crippen LogP contribution is -2.05. The Morgan fingerprint density at radius 3 is 2.00 bits per heavy atom. The van der Waals surface area contributed by atoms with Crippen molar-refractivity contribution in [3.63, 3.8) is 0 Å². The minimum absolute atomic E-state index is 0.301. The van der Waals surface area contributed by atoms with E-state index in [1.54, 1.807) is 0 Å². The van der Waals surface area contributed by atoms with Crippen molar-refractivity contribution in [2.45, 2.75) is 12.1 Å². The second-order valence-electron chi connectivity index (χ2n) is 1.48. The van der Waals surface area contributed by atoms with Crippen LogP contribution in [0.15, 0.2) is 0 Å². The molecule has 0 aromatic rings. The van der Waals surface area contributed by atoms with Gasteiger partial charge in [0.2, 0.25) is 0 Å². The first-order chi connectivity index (χ1) is 2.30. The lowest BCUT2D eigenvalue weighted by atomic mass is 10.1. The van der Waals surface area contributed by atoms with Gasteiger partial charge in [-0.15, -0.1) is 0 Å². The van der Waals surface area contributed by atoms with Gasteiger partial charge < -0.3 is 11.1 Å². The van der Waals surface area contributed by atoms with Crippen LogP contribution in [-0.4, -0.2) is 20.0 Å². The zero-order chi connectivity index (χ0) is 3.86. The molecule has 0 bridgehead atoms. The van der Waals surface area contributed by atoms with Crippen LogP contribution in [0.2, 0.25) is 0 Å². The largest absolute Gasteiger partial charge is 0.315 e. The zero-order valence-electron chi connectivity index (χ0n) is 3.23. The predicted molar refractivity (Wildman–Crippen MR) is 23.4 cm³/mol. The van der Waals surface area contributed by atoms with Crippen LogP contribution in [0, 0.1) is 0 Å². The Hall–Kier alpha value is -0.0151. The van der Waals surface area contributed by atoms with E-state index in [0.717, 1.165) is 0 Å². The van der Waals surface area contributed by atoms with Crippen molar-refractivity contribution in [1.82, 2.24) is 5.32 Å². The molecule has 0 spiro atoms. The van der Waals surface area contributed by atoms with Gasteiger partial charge in [-0.05, 0) is 0 Å². The van der Waals surface area contributed by atoms with Gasteiger partial charge in [0.25, 0.3) is 0 Å². The summed E-state index contributed by atoms with van der Waals surface area (Å²) in [5.41, 5.74) is 5.25. The maximum atomic E-state index is 5.25. The van der Waals surface area contributed by atoms with E-state index < -0.39 is 0 Å². The van der Waals surface area contributed by atoms with Crippen LogP contribution >= 0.6 is 0 Å². The molecule has 3 N–H and O–H groups in total. The lowest BCUT2D eigenvalue weighted by Gasteiger charge is -1.64. The monoisotopic (exact) mass is 70.1 g/mol. The van der Waals surface area contributed by atoms with Crippen LogP contribution in [-0.2, 0) is 0 Å². The van der Waals surface area contributed by atoms with Crippen LogP contribution in [0.5, 0.6) is 0 Å². The number of hydrogen-bond donors (Lipinski definition) is 2. The molecule has 3 heteroatoms. The molecule has 2 nitrogen and oxygen atoms in total. The molecule has 0 aromatic carbocycles. The van der Waals surface area contributed by atoms with Gasteiger partial charge in [-0.2, -0.15) is 0 Å². The Balaban J connectivity index is 2.20. The van der Waals surface area contributed by atoms with E-state index in [4.69, 9.17) is 5.73 Å². The van der Waals surface area contributed by atoms with Crippen molar-refractivity contribution in [1.29, 1.82) is 0 Å². The SMILES string of the molecule is BC1NC1N. The van der Waals surface area contributed by atoms with Gasteiger partial charge in [0.05, 0.1) is 6.17 Å². The molecular formula is C2H7BN2. The third-order valence-corrected chi connectivity index (χ3v) is 0.885. The summed E-state index contributed by atoms with van der Waals surface area (Å²) < 4.78 is 0. The minimum atomic E-state index is 0.301. The maximum absolute atomic E-state index is 5.25. The topological polar surface area (TPSA) is 48.0 Å². The first-order valence-corrected chi connectivity index (χ1v) is 1.82. The van der Waals surface area contributed by atoms with Gasteiger partial charge in [-0.3, -0.25) is 0 Å². The highest BCUT2D eigenvalue weighted by Gasteiger charge is 2.25. The van der Waals surface area contributed by atoms with Crippen molar-refractivity contribution in [2.75, 3.05) is 0 Å². The van der Waals surface area contributed by atoms with Crippen molar-refractivity contribution in [2.24, 2.45) is 5.73 Å². The quantitative estimate of drug-likeness (QED) is 0.252. The molecule has 0 radical (unpaired) electrons. The van der Waals surface area contributed by atoms with Gasteiger partial charge in [-0.25, -0.2) is 0 Å². The normalized spacial score (nSPS) is 49.0. The number of rotatable bonds is 0. The molecule has 5 heavy (non-hydrogen) atoms. The van der Waals surface area contributed by atoms with Crippen LogP contribution in [0.1, 0.15) is 0 Å². The lowest BCUT2D eigenvalue weighted by molar-refractivity contribution is 1.03. The highest BCUT2D eigenvalue weighted by atomic mass is 15.2. The zero-order valence-corrected chi connectivity index (χ0v) is 3.23. The smallest absolute Gasteiger partial charge is 0.127 e. The maximum Gasteiger partial charge on any atom is 0.127 e. The molecule has 1 rings (SSSR count). The van der Waals surface area contributed by atoms with E-state index in [9.17, 15) is 0 Å². The predicted octanol–water partition coefficient (Wildman–Crippen LogP) is -2.17. The molecule has 0 amide bonds. The summed E-state index contributed by atoms with van der Waals surface area (Å²) in [6.45, 7) is 0. The summed E-state index contributed by atoms with van der Waals surface area (Å²) >= 11 is 0. The molecular weight excluding hydrogens is 62.8 g/mol. The van der Waals surface area contributed by atoms with E-state index in [1.807, 2.05) is 0 Å². The van der Waals surface area contributed by atoms with Gasteiger partial charge in [0.1, 0.15) is 7.85 Å². The molecule has 0 saturated carbocycles. The highest BCUT2D eigenvalue weighted by molar-refractivity contribution is 6.14. The molecule has 1 heterocycles. The van der Waals surface area contributed by atoms with E-state index in [-0.39, 0.29) is 0 Å². The minimum Gasteiger partial charge on any atom is -0.315 e. The molecule has 0 aromatic heterocycles. The fourth-order valence-corrected chi connectivity index (χ4v) is 0.248. The van der Waals surface area contributed by atoms with Crippen molar-refractivity contribution in [3.05, 3.63) is 0 Å². The first-order valence-electron chi connectivity index (χ1n) is 1.82. The third kappa shape index (κ3) is 0.438. The third-order valence-electron chi connectivity index (χ3n) is 0.885. The summed E-state index contributed by atoms with van der Waals surface area (Å²) in [6.07, 6.45) is 0.301. The summed E-state index contributed by atoms with van der Waals surface area (Å²) in [4.78, 5) is 0. The van der Waals surface area contributed by atoms with Crippen molar-refractivity contribution >= 4 is 7.85 Å². The Labute approximate surface area is 32.1 Å². The molecule has 2 unspecified atom stereocenters. The van der Waals surface area contributed by atoms with Gasteiger partial charge in [0, 0.05) is 5.94 Å². The van der Waals surface area contributed by atoms with Gasteiger partial charge in [0.15, 0.2) is 0 Å². The molecule has 1 aliphatic heterocycles. The van der Waals surface area contributed by atoms with E-state index in [0.29, 0.717) is 12.1 Å². The Morgan fingerprint density at radius 2 is 2.00 bits per heavy atom. The van der Waals surface area contributed by atoms with Gasteiger partial charge >= 0.3 is 0 Å². The van der Waals surface area contributed by atoms with Crippen molar-refractivity contribution in [3.8, 4) is 0 Å². The molecule has 2 atom stereocenters. The highest BCUT2D eigenvalue weighted by Crippen LogP contribution is 1.94. The van der Waals surface area contributed by atoms with E-state index in [2.05, 4.69) is 13.2 Å². The average molecular weight is 69.9 g/mol. The summed E-state index contributed by atoms with van der Waals surface area (Å²) in [7, 11) is 2.06. The van der Waals surface area contributed by atoms with Gasteiger partial charge in [-0.1, -0.05) is 0 Å². The molecule has 1 saturated heterocycles. The Kier molecular flexibility index (Phi) is 0.464. The number of nitrogens with two attached hydrogens (primary N) is 1.